The quantitative estimate of drug-likeness (QED) is 0.710. The monoisotopic (exact) mass is 427 g/mol. The first-order valence-electron chi connectivity index (χ1n) is 10.00. The molecule has 0 bridgehead atoms. The topological polar surface area (TPSA) is 79.9 Å². The van der Waals surface area contributed by atoms with Crippen molar-refractivity contribution in [3.63, 3.8) is 0 Å². The Hall–Kier alpha value is -2.87. The molecule has 0 radical (unpaired) electrons. The third kappa shape index (κ3) is 4.81. The van der Waals surface area contributed by atoms with Crippen molar-refractivity contribution in [2.24, 2.45) is 5.92 Å². The lowest BCUT2D eigenvalue weighted by molar-refractivity contribution is 0.0938. The summed E-state index contributed by atoms with van der Waals surface area (Å²) in [6.07, 6.45) is 3.91. The lowest BCUT2D eigenvalue weighted by Gasteiger charge is -2.33. The third-order valence-electron chi connectivity index (χ3n) is 5.31. The van der Waals surface area contributed by atoms with Gasteiger partial charge in [0.2, 0.25) is 6.79 Å². The Kier molecular flexibility index (Phi) is 6.32. The van der Waals surface area contributed by atoms with Crippen molar-refractivity contribution in [2.75, 3.05) is 38.0 Å². The predicted octanol–water partition coefficient (Wildman–Crippen LogP) is 3.81. The summed E-state index contributed by atoms with van der Waals surface area (Å²) in [5.74, 6) is 1.32. The van der Waals surface area contributed by atoms with Gasteiger partial charge in [-0.05, 0) is 61.4 Å². The number of piperidine rings is 1. The highest BCUT2D eigenvalue weighted by molar-refractivity contribution is 7.98. The maximum atomic E-state index is 12.7. The number of ether oxygens (including phenoxy) is 2. The van der Waals surface area contributed by atoms with Gasteiger partial charge in [-0.25, -0.2) is 4.79 Å². The number of urea groups is 1. The van der Waals surface area contributed by atoms with Gasteiger partial charge in [0.05, 0.1) is 0 Å². The molecule has 1 atom stereocenters. The maximum absolute atomic E-state index is 12.7. The third-order valence-corrected chi connectivity index (χ3v) is 6.04. The Morgan fingerprint density at radius 3 is 2.90 bits per heavy atom. The Balaban J connectivity index is 1.29. The van der Waals surface area contributed by atoms with Crippen molar-refractivity contribution >= 4 is 29.4 Å². The fourth-order valence-corrected chi connectivity index (χ4v) is 4.16. The first-order chi connectivity index (χ1) is 14.6. The van der Waals surface area contributed by atoms with Crippen LogP contribution >= 0.6 is 11.8 Å². The summed E-state index contributed by atoms with van der Waals surface area (Å²) < 4.78 is 10.6. The zero-order chi connectivity index (χ0) is 20.9. The summed E-state index contributed by atoms with van der Waals surface area (Å²) in [5.41, 5.74) is 1.34. The van der Waals surface area contributed by atoms with Crippen LogP contribution in [0.4, 0.5) is 10.5 Å². The Labute approximate surface area is 180 Å². The molecule has 2 N–H and O–H groups in total. The van der Waals surface area contributed by atoms with Gasteiger partial charge >= 0.3 is 6.03 Å². The molecule has 2 aliphatic rings. The van der Waals surface area contributed by atoms with Gasteiger partial charge < -0.3 is 25.0 Å². The van der Waals surface area contributed by atoms with E-state index in [1.165, 1.54) is 0 Å². The van der Waals surface area contributed by atoms with Gasteiger partial charge in [0.1, 0.15) is 0 Å². The van der Waals surface area contributed by atoms with Gasteiger partial charge in [-0.3, -0.25) is 4.79 Å². The largest absolute Gasteiger partial charge is 0.454 e. The molecule has 2 aliphatic heterocycles. The van der Waals surface area contributed by atoms with E-state index in [1.807, 2.05) is 35.4 Å². The van der Waals surface area contributed by atoms with Crippen molar-refractivity contribution in [2.45, 2.75) is 17.7 Å². The van der Waals surface area contributed by atoms with E-state index >= 15 is 0 Å². The average molecular weight is 428 g/mol. The molecule has 0 aromatic heterocycles. The van der Waals surface area contributed by atoms with Crippen molar-refractivity contribution < 1.29 is 19.1 Å². The van der Waals surface area contributed by atoms with Crippen LogP contribution in [0, 0.1) is 5.92 Å². The van der Waals surface area contributed by atoms with Crippen LogP contribution in [0.25, 0.3) is 0 Å². The molecule has 30 heavy (non-hydrogen) atoms. The number of hydrogen-bond acceptors (Lipinski definition) is 5. The number of thioether (sulfide) groups is 1. The maximum Gasteiger partial charge on any atom is 0.321 e. The Morgan fingerprint density at radius 1 is 1.17 bits per heavy atom. The summed E-state index contributed by atoms with van der Waals surface area (Å²) in [4.78, 5) is 28.1. The standard InChI is InChI=1S/C22H25N3O4S/c1-30-18-6-2-5-17(11-18)24-22(27)25-9-3-4-15(13-25)12-23-21(26)16-7-8-19-20(10-16)29-14-28-19/h2,5-8,10-11,15H,3-4,9,12-14H2,1H3,(H,23,26)(H,24,27)/t15-/m1/s1. The second-order valence-electron chi connectivity index (χ2n) is 7.39. The molecular formula is C22H25N3O4S. The molecular weight excluding hydrogens is 402 g/mol. The zero-order valence-electron chi connectivity index (χ0n) is 16.8. The van der Waals surface area contributed by atoms with Crippen LogP contribution in [0.15, 0.2) is 47.4 Å². The van der Waals surface area contributed by atoms with E-state index in [4.69, 9.17) is 9.47 Å². The summed E-state index contributed by atoms with van der Waals surface area (Å²) in [7, 11) is 0. The number of amides is 3. The predicted molar refractivity (Wildman–Crippen MR) is 116 cm³/mol. The van der Waals surface area contributed by atoms with Crippen LogP contribution in [0.3, 0.4) is 0 Å². The molecule has 2 aromatic carbocycles. The molecule has 0 unspecified atom stereocenters. The highest BCUT2D eigenvalue weighted by Crippen LogP contribution is 2.32. The first-order valence-corrected chi connectivity index (χ1v) is 11.2. The summed E-state index contributed by atoms with van der Waals surface area (Å²) in [6, 6.07) is 12.9. The molecule has 0 aliphatic carbocycles. The molecule has 158 valence electrons. The van der Waals surface area contributed by atoms with Gasteiger partial charge in [-0.1, -0.05) is 6.07 Å². The van der Waals surface area contributed by atoms with Crippen molar-refractivity contribution in [1.82, 2.24) is 10.2 Å². The Morgan fingerprint density at radius 2 is 2.03 bits per heavy atom. The highest BCUT2D eigenvalue weighted by atomic mass is 32.2. The number of rotatable bonds is 5. The highest BCUT2D eigenvalue weighted by Gasteiger charge is 2.24. The van der Waals surface area contributed by atoms with Crippen molar-refractivity contribution in [3.05, 3.63) is 48.0 Å². The van der Waals surface area contributed by atoms with Crippen LogP contribution in [-0.2, 0) is 0 Å². The van der Waals surface area contributed by atoms with E-state index in [-0.39, 0.29) is 24.6 Å². The van der Waals surface area contributed by atoms with E-state index < -0.39 is 0 Å². The molecule has 2 aromatic rings. The number of nitrogens with one attached hydrogen (secondary N) is 2. The SMILES string of the molecule is CSc1cccc(NC(=O)N2CCC[C@H](CNC(=O)c3ccc4c(c3)OCO4)C2)c1. The molecule has 1 saturated heterocycles. The van der Waals surface area contributed by atoms with Gasteiger partial charge in [0.15, 0.2) is 11.5 Å². The van der Waals surface area contributed by atoms with Crippen LogP contribution < -0.4 is 20.1 Å². The van der Waals surface area contributed by atoms with E-state index in [2.05, 4.69) is 10.6 Å². The van der Waals surface area contributed by atoms with Crippen LogP contribution in [0.2, 0.25) is 0 Å². The smallest absolute Gasteiger partial charge is 0.321 e. The van der Waals surface area contributed by atoms with Gasteiger partial charge in [-0.15, -0.1) is 11.8 Å². The molecule has 0 saturated carbocycles. The lowest BCUT2D eigenvalue weighted by atomic mass is 9.98. The molecule has 7 nitrogen and oxygen atoms in total. The number of carbonyl (C=O) groups is 2. The number of benzene rings is 2. The Bertz CT molecular complexity index is 936. The van der Waals surface area contributed by atoms with Crippen LogP contribution in [-0.4, -0.2) is 49.5 Å². The minimum absolute atomic E-state index is 0.0972. The van der Waals surface area contributed by atoms with Crippen LogP contribution in [0.5, 0.6) is 11.5 Å². The minimum atomic E-state index is -0.149. The molecule has 2 heterocycles. The van der Waals surface area contributed by atoms with Gasteiger partial charge in [-0.2, -0.15) is 0 Å². The molecule has 1 fully saturated rings. The van der Waals surface area contributed by atoms with E-state index in [0.29, 0.717) is 30.2 Å². The molecule has 4 rings (SSSR count). The number of likely N-dealkylation sites (tertiary alicyclic amines) is 1. The minimum Gasteiger partial charge on any atom is -0.454 e. The fraction of sp³-hybridized carbons (Fsp3) is 0.364. The number of hydrogen-bond donors (Lipinski definition) is 2. The number of anilines is 1. The van der Waals surface area contributed by atoms with Crippen molar-refractivity contribution in [1.29, 1.82) is 0 Å². The van der Waals surface area contributed by atoms with E-state index in [0.717, 1.165) is 30.0 Å². The second-order valence-corrected chi connectivity index (χ2v) is 8.27. The lowest BCUT2D eigenvalue weighted by Crippen LogP contribution is -2.45. The van der Waals surface area contributed by atoms with Crippen LogP contribution in [0.1, 0.15) is 23.2 Å². The van der Waals surface area contributed by atoms with Gasteiger partial charge in [0.25, 0.3) is 5.91 Å². The fourth-order valence-electron chi connectivity index (χ4n) is 3.70. The number of fused-ring (bicyclic) bond motifs is 1. The molecule has 3 amide bonds. The first kappa shape index (κ1) is 20.4. The molecule has 0 spiro atoms. The second kappa shape index (κ2) is 9.30. The summed E-state index contributed by atoms with van der Waals surface area (Å²) in [6.45, 7) is 2.05. The normalized spacial score (nSPS) is 17.5. The van der Waals surface area contributed by atoms with E-state index in [9.17, 15) is 9.59 Å². The average Bonchev–Trinajstić information content (AvgIpc) is 3.25. The van der Waals surface area contributed by atoms with Crippen molar-refractivity contribution in [3.8, 4) is 11.5 Å². The van der Waals surface area contributed by atoms with E-state index in [1.54, 1.807) is 30.0 Å². The number of carbonyl (C=O) groups excluding carboxylic acids is 2. The van der Waals surface area contributed by atoms with Gasteiger partial charge in [0, 0.05) is 35.8 Å². The molecule has 8 heteroatoms. The zero-order valence-corrected chi connectivity index (χ0v) is 17.7. The summed E-state index contributed by atoms with van der Waals surface area (Å²) in [5, 5.41) is 5.97. The summed E-state index contributed by atoms with van der Waals surface area (Å²) >= 11 is 1.64. The number of nitrogens with zero attached hydrogens (tertiary/aromatic N) is 1.